The number of rotatable bonds is 0. The highest BCUT2D eigenvalue weighted by Gasteiger charge is 2.24. The molecule has 2 rings (SSSR count). The Kier molecular flexibility index (Phi) is 1.99. The van der Waals surface area contributed by atoms with Crippen LogP contribution in [0.3, 0.4) is 0 Å². The molecular weight excluding hydrogens is 170 g/mol. The Balaban J connectivity index is 2.45. The number of aromatic nitrogens is 1. The zero-order valence-corrected chi connectivity index (χ0v) is 9.39. The first kappa shape index (κ1) is 9.45. The summed E-state index contributed by atoms with van der Waals surface area (Å²) in [5.41, 5.74) is 5.70. The lowest BCUT2D eigenvalue weighted by Gasteiger charge is -2.19. The van der Waals surface area contributed by atoms with Gasteiger partial charge in [0.25, 0.3) is 0 Å². The third-order valence-corrected chi connectivity index (χ3v) is 2.93. The number of pyridine rings is 1. The van der Waals surface area contributed by atoms with Crippen molar-refractivity contribution >= 4 is 6.08 Å². The monoisotopic (exact) mass is 187 g/mol. The van der Waals surface area contributed by atoms with E-state index in [2.05, 4.69) is 44.8 Å². The molecule has 0 saturated carbocycles. The van der Waals surface area contributed by atoms with Crippen molar-refractivity contribution in [2.75, 3.05) is 0 Å². The van der Waals surface area contributed by atoms with Crippen molar-refractivity contribution in [1.29, 1.82) is 0 Å². The molecule has 0 radical (unpaired) electrons. The molecule has 14 heavy (non-hydrogen) atoms. The van der Waals surface area contributed by atoms with E-state index < -0.39 is 0 Å². The molecular formula is C13H17N. The molecule has 0 atom stereocenters. The van der Waals surface area contributed by atoms with Crippen LogP contribution in [0.2, 0.25) is 0 Å². The molecule has 1 aromatic heterocycles. The summed E-state index contributed by atoms with van der Waals surface area (Å²) in [6.07, 6.45) is 5.26. The molecule has 0 bridgehead atoms. The van der Waals surface area contributed by atoms with Crippen LogP contribution in [0.25, 0.3) is 6.08 Å². The molecule has 1 aromatic rings. The van der Waals surface area contributed by atoms with Gasteiger partial charge in [-0.1, -0.05) is 32.4 Å². The normalized spacial score (nSPS) is 15.3. The second-order valence-corrected chi connectivity index (χ2v) is 5.08. The Morgan fingerprint density at radius 2 is 2.00 bits per heavy atom. The smallest absolute Gasteiger partial charge is 0.0519 e. The molecule has 1 nitrogen and oxygen atoms in total. The third kappa shape index (κ3) is 1.47. The van der Waals surface area contributed by atoms with Gasteiger partial charge in [-0.05, 0) is 29.5 Å². The van der Waals surface area contributed by atoms with E-state index in [1.807, 2.05) is 6.20 Å². The van der Waals surface area contributed by atoms with Gasteiger partial charge in [-0.2, -0.15) is 0 Å². The standard InChI is InChI=1S/C13H17N/c1-9-5-6-14-12-8-10(7-11(9)12)13(2,3)4/h5-7H,8H2,1-4H3. The number of hydrogen-bond donors (Lipinski definition) is 0. The molecule has 0 fully saturated rings. The van der Waals surface area contributed by atoms with Gasteiger partial charge in [0.15, 0.2) is 0 Å². The summed E-state index contributed by atoms with van der Waals surface area (Å²) in [4.78, 5) is 4.43. The maximum absolute atomic E-state index is 4.43. The molecule has 1 aliphatic carbocycles. The highest BCUT2D eigenvalue weighted by molar-refractivity contribution is 5.65. The molecule has 74 valence electrons. The average molecular weight is 187 g/mol. The van der Waals surface area contributed by atoms with Gasteiger partial charge in [-0.3, -0.25) is 4.98 Å². The van der Waals surface area contributed by atoms with Gasteiger partial charge in [0.2, 0.25) is 0 Å². The SMILES string of the molecule is Cc1ccnc2c1C=C(C(C)(C)C)C2. The third-order valence-electron chi connectivity index (χ3n) is 2.93. The predicted octanol–water partition coefficient (Wildman–Crippen LogP) is 3.38. The molecule has 1 aliphatic rings. The average Bonchev–Trinajstić information content (AvgIpc) is 2.48. The minimum Gasteiger partial charge on any atom is -0.260 e. The van der Waals surface area contributed by atoms with Crippen LogP contribution < -0.4 is 0 Å². The number of aryl methyl sites for hydroxylation is 1. The zero-order chi connectivity index (χ0) is 10.3. The predicted molar refractivity (Wildman–Crippen MR) is 60.1 cm³/mol. The van der Waals surface area contributed by atoms with E-state index in [4.69, 9.17) is 0 Å². The summed E-state index contributed by atoms with van der Waals surface area (Å²) < 4.78 is 0. The van der Waals surface area contributed by atoms with Crippen LogP contribution in [0.15, 0.2) is 17.8 Å². The first-order chi connectivity index (χ1) is 6.48. The quantitative estimate of drug-likeness (QED) is 0.606. The van der Waals surface area contributed by atoms with Gasteiger partial charge in [-0.25, -0.2) is 0 Å². The number of fused-ring (bicyclic) bond motifs is 1. The fourth-order valence-electron chi connectivity index (χ4n) is 1.85. The number of nitrogens with zero attached hydrogens (tertiary/aromatic N) is 1. The van der Waals surface area contributed by atoms with Crippen molar-refractivity contribution in [2.24, 2.45) is 5.41 Å². The summed E-state index contributed by atoms with van der Waals surface area (Å²) in [5, 5.41) is 0. The lowest BCUT2D eigenvalue weighted by atomic mass is 9.86. The number of hydrogen-bond acceptors (Lipinski definition) is 1. The molecule has 0 amide bonds. The number of allylic oxidation sites excluding steroid dienone is 1. The second-order valence-electron chi connectivity index (χ2n) is 5.08. The first-order valence-electron chi connectivity index (χ1n) is 5.14. The van der Waals surface area contributed by atoms with E-state index in [0.717, 1.165) is 6.42 Å². The van der Waals surface area contributed by atoms with Crippen molar-refractivity contribution in [3.8, 4) is 0 Å². The van der Waals surface area contributed by atoms with E-state index in [1.54, 1.807) is 0 Å². The molecule has 1 heteroatoms. The van der Waals surface area contributed by atoms with Gasteiger partial charge in [0, 0.05) is 12.6 Å². The summed E-state index contributed by atoms with van der Waals surface area (Å²) >= 11 is 0. The Bertz CT molecular complexity index is 394. The highest BCUT2D eigenvalue weighted by Crippen LogP contribution is 2.36. The van der Waals surface area contributed by atoms with Gasteiger partial charge < -0.3 is 0 Å². The molecule has 1 heterocycles. The molecule has 0 spiro atoms. The molecule has 0 aliphatic heterocycles. The Labute approximate surface area is 85.9 Å². The van der Waals surface area contributed by atoms with Crippen molar-refractivity contribution in [1.82, 2.24) is 4.98 Å². The molecule has 0 saturated heterocycles. The van der Waals surface area contributed by atoms with Crippen LogP contribution in [-0.4, -0.2) is 4.98 Å². The van der Waals surface area contributed by atoms with Crippen LogP contribution in [0, 0.1) is 12.3 Å². The summed E-state index contributed by atoms with van der Waals surface area (Å²) in [5.74, 6) is 0. The summed E-state index contributed by atoms with van der Waals surface area (Å²) in [6, 6.07) is 2.08. The van der Waals surface area contributed by atoms with Gasteiger partial charge in [0.05, 0.1) is 5.69 Å². The van der Waals surface area contributed by atoms with E-state index in [1.165, 1.54) is 22.4 Å². The van der Waals surface area contributed by atoms with Crippen molar-refractivity contribution in [3.05, 3.63) is 34.7 Å². The van der Waals surface area contributed by atoms with E-state index in [-0.39, 0.29) is 5.41 Å². The fourth-order valence-corrected chi connectivity index (χ4v) is 1.85. The second kappa shape index (κ2) is 2.94. The topological polar surface area (TPSA) is 12.9 Å². The molecule has 0 N–H and O–H groups in total. The maximum Gasteiger partial charge on any atom is 0.0519 e. The minimum atomic E-state index is 0.271. The van der Waals surface area contributed by atoms with Crippen LogP contribution in [0.1, 0.15) is 37.6 Å². The zero-order valence-electron chi connectivity index (χ0n) is 9.39. The summed E-state index contributed by atoms with van der Waals surface area (Å²) in [6.45, 7) is 8.95. The van der Waals surface area contributed by atoms with Crippen LogP contribution >= 0.6 is 0 Å². The van der Waals surface area contributed by atoms with Crippen molar-refractivity contribution in [2.45, 2.75) is 34.1 Å². The van der Waals surface area contributed by atoms with Crippen molar-refractivity contribution < 1.29 is 0 Å². The largest absolute Gasteiger partial charge is 0.260 e. The Morgan fingerprint density at radius 1 is 1.29 bits per heavy atom. The first-order valence-corrected chi connectivity index (χ1v) is 5.14. The molecule has 0 aromatic carbocycles. The van der Waals surface area contributed by atoms with Crippen LogP contribution in [0.5, 0.6) is 0 Å². The lowest BCUT2D eigenvalue weighted by Crippen LogP contribution is -2.09. The summed E-state index contributed by atoms with van der Waals surface area (Å²) in [7, 11) is 0. The van der Waals surface area contributed by atoms with Gasteiger partial charge in [0.1, 0.15) is 0 Å². The maximum atomic E-state index is 4.43. The minimum absolute atomic E-state index is 0.271. The Morgan fingerprint density at radius 3 is 2.57 bits per heavy atom. The van der Waals surface area contributed by atoms with Gasteiger partial charge >= 0.3 is 0 Å². The van der Waals surface area contributed by atoms with E-state index in [9.17, 15) is 0 Å². The van der Waals surface area contributed by atoms with Crippen LogP contribution in [0.4, 0.5) is 0 Å². The van der Waals surface area contributed by atoms with E-state index >= 15 is 0 Å². The fraction of sp³-hybridized carbons (Fsp3) is 0.462. The highest BCUT2D eigenvalue weighted by atomic mass is 14.7. The van der Waals surface area contributed by atoms with E-state index in [0.29, 0.717) is 0 Å². The van der Waals surface area contributed by atoms with Crippen molar-refractivity contribution in [3.63, 3.8) is 0 Å². The van der Waals surface area contributed by atoms with Gasteiger partial charge in [-0.15, -0.1) is 0 Å². The van der Waals surface area contributed by atoms with Crippen LogP contribution in [-0.2, 0) is 6.42 Å². The lowest BCUT2D eigenvalue weighted by molar-refractivity contribution is 0.497. The Hall–Kier alpha value is -1.11. The molecule has 0 unspecified atom stereocenters.